The molecule has 1 amide bonds. The summed E-state index contributed by atoms with van der Waals surface area (Å²) < 4.78 is 21.8. The summed E-state index contributed by atoms with van der Waals surface area (Å²) in [5.74, 6) is -0.130. The van der Waals surface area contributed by atoms with Crippen LogP contribution in [0, 0.1) is 0 Å². The molecule has 0 atom stereocenters. The van der Waals surface area contributed by atoms with E-state index in [1.54, 1.807) is 18.2 Å². The Morgan fingerprint density at radius 3 is 2.72 bits per heavy atom. The van der Waals surface area contributed by atoms with E-state index < -0.39 is 9.84 Å². The molecule has 0 bridgehead atoms. The molecule has 0 unspecified atom stereocenters. The molecular formula is C12H18N2O3S. The van der Waals surface area contributed by atoms with Crippen molar-refractivity contribution in [3.05, 3.63) is 35.4 Å². The Morgan fingerprint density at radius 2 is 2.11 bits per heavy atom. The topological polar surface area (TPSA) is 89.3 Å². The van der Waals surface area contributed by atoms with Gasteiger partial charge in [0.05, 0.1) is 5.75 Å². The van der Waals surface area contributed by atoms with Crippen LogP contribution in [-0.4, -0.2) is 32.9 Å². The van der Waals surface area contributed by atoms with Crippen LogP contribution < -0.4 is 11.1 Å². The molecule has 1 aromatic carbocycles. The largest absolute Gasteiger partial charge is 0.352 e. The van der Waals surface area contributed by atoms with Crippen LogP contribution >= 0.6 is 0 Å². The Kier molecular flexibility index (Phi) is 5.30. The fourth-order valence-corrected chi connectivity index (χ4v) is 2.15. The maximum absolute atomic E-state index is 11.7. The minimum absolute atomic E-state index is 0.0795. The van der Waals surface area contributed by atoms with Gasteiger partial charge in [0.25, 0.3) is 5.91 Å². The molecule has 0 aliphatic carbocycles. The van der Waals surface area contributed by atoms with Crippen LogP contribution in [0.4, 0.5) is 0 Å². The zero-order valence-corrected chi connectivity index (χ0v) is 11.2. The maximum atomic E-state index is 11.7. The van der Waals surface area contributed by atoms with Gasteiger partial charge in [-0.3, -0.25) is 4.79 Å². The van der Waals surface area contributed by atoms with Gasteiger partial charge in [-0.2, -0.15) is 0 Å². The first kappa shape index (κ1) is 14.7. The fraction of sp³-hybridized carbons (Fsp3) is 0.417. The van der Waals surface area contributed by atoms with Gasteiger partial charge >= 0.3 is 0 Å². The number of carbonyl (C=O) groups excluding carboxylic acids is 1. The third kappa shape index (κ3) is 5.29. The van der Waals surface area contributed by atoms with E-state index in [0.29, 0.717) is 25.1 Å². The summed E-state index contributed by atoms with van der Waals surface area (Å²) in [5.41, 5.74) is 6.92. The second-order valence-electron chi connectivity index (χ2n) is 4.14. The van der Waals surface area contributed by atoms with E-state index >= 15 is 0 Å². The van der Waals surface area contributed by atoms with Crippen molar-refractivity contribution in [1.29, 1.82) is 0 Å². The third-order valence-electron chi connectivity index (χ3n) is 2.40. The molecule has 0 spiro atoms. The van der Waals surface area contributed by atoms with Crippen LogP contribution in [0.1, 0.15) is 22.3 Å². The number of benzene rings is 1. The quantitative estimate of drug-likeness (QED) is 0.728. The number of carbonyl (C=O) groups is 1. The molecule has 0 aliphatic rings. The van der Waals surface area contributed by atoms with Gasteiger partial charge in [-0.05, 0) is 24.1 Å². The Morgan fingerprint density at radius 1 is 1.39 bits per heavy atom. The van der Waals surface area contributed by atoms with E-state index in [1.165, 1.54) is 6.26 Å². The number of hydrogen-bond donors (Lipinski definition) is 2. The number of sulfone groups is 1. The number of nitrogens with two attached hydrogens (primary N) is 1. The third-order valence-corrected chi connectivity index (χ3v) is 3.43. The van der Waals surface area contributed by atoms with Crippen molar-refractivity contribution in [2.45, 2.75) is 13.0 Å². The highest BCUT2D eigenvalue weighted by molar-refractivity contribution is 7.90. The molecule has 3 N–H and O–H groups in total. The van der Waals surface area contributed by atoms with Crippen molar-refractivity contribution < 1.29 is 13.2 Å². The maximum Gasteiger partial charge on any atom is 0.251 e. The van der Waals surface area contributed by atoms with Gasteiger partial charge in [-0.25, -0.2) is 8.42 Å². The molecule has 0 aromatic heterocycles. The van der Waals surface area contributed by atoms with E-state index in [0.717, 1.165) is 5.56 Å². The fourth-order valence-electron chi connectivity index (χ4n) is 1.48. The number of hydrogen-bond acceptors (Lipinski definition) is 4. The molecular weight excluding hydrogens is 252 g/mol. The van der Waals surface area contributed by atoms with E-state index in [4.69, 9.17) is 5.73 Å². The summed E-state index contributed by atoms with van der Waals surface area (Å²) in [6, 6.07) is 7.05. The van der Waals surface area contributed by atoms with Crippen molar-refractivity contribution in [3.63, 3.8) is 0 Å². The minimum atomic E-state index is -2.97. The lowest BCUT2D eigenvalue weighted by molar-refractivity contribution is 0.0953. The first-order valence-corrected chi connectivity index (χ1v) is 7.73. The molecule has 100 valence electrons. The molecule has 0 aliphatic heterocycles. The van der Waals surface area contributed by atoms with Crippen molar-refractivity contribution >= 4 is 15.7 Å². The van der Waals surface area contributed by atoms with Crippen LogP contribution in [0.2, 0.25) is 0 Å². The number of nitrogens with one attached hydrogen (secondary N) is 1. The van der Waals surface area contributed by atoms with E-state index in [9.17, 15) is 13.2 Å². The van der Waals surface area contributed by atoms with Crippen molar-refractivity contribution in [2.24, 2.45) is 5.73 Å². The Balaban J connectivity index is 2.45. The van der Waals surface area contributed by atoms with Crippen LogP contribution in [0.15, 0.2) is 24.3 Å². The minimum Gasteiger partial charge on any atom is -0.352 e. The molecule has 18 heavy (non-hydrogen) atoms. The second kappa shape index (κ2) is 6.51. The molecule has 0 radical (unpaired) electrons. The molecule has 0 saturated heterocycles. The lowest BCUT2D eigenvalue weighted by Crippen LogP contribution is -2.26. The Hall–Kier alpha value is -1.40. The van der Waals surface area contributed by atoms with Gasteiger partial charge in [-0.1, -0.05) is 12.1 Å². The van der Waals surface area contributed by atoms with Gasteiger partial charge in [-0.15, -0.1) is 0 Å². The molecule has 1 rings (SSSR count). The van der Waals surface area contributed by atoms with Gasteiger partial charge in [0.15, 0.2) is 0 Å². The number of rotatable bonds is 6. The summed E-state index contributed by atoms with van der Waals surface area (Å²) >= 11 is 0. The summed E-state index contributed by atoms with van der Waals surface area (Å²) in [7, 11) is -2.97. The highest BCUT2D eigenvalue weighted by atomic mass is 32.2. The van der Waals surface area contributed by atoms with Crippen LogP contribution in [0.25, 0.3) is 0 Å². The van der Waals surface area contributed by atoms with Gasteiger partial charge < -0.3 is 11.1 Å². The average Bonchev–Trinajstić information content (AvgIpc) is 2.33. The van der Waals surface area contributed by atoms with E-state index in [2.05, 4.69) is 5.32 Å². The number of amides is 1. The van der Waals surface area contributed by atoms with Crippen molar-refractivity contribution in [3.8, 4) is 0 Å². The molecule has 0 heterocycles. The highest BCUT2D eigenvalue weighted by Gasteiger charge is 2.06. The SMILES string of the molecule is CS(=O)(=O)CCCNC(=O)c1cccc(CN)c1. The second-order valence-corrected chi connectivity index (χ2v) is 6.40. The molecule has 0 saturated carbocycles. The summed E-state index contributed by atoms with van der Waals surface area (Å²) in [6.45, 7) is 0.730. The smallest absolute Gasteiger partial charge is 0.251 e. The van der Waals surface area contributed by atoms with Crippen LogP contribution in [0.3, 0.4) is 0 Å². The molecule has 1 aromatic rings. The summed E-state index contributed by atoms with van der Waals surface area (Å²) in [5, 5.41) is 2.68. The van der Waals surface area contributed by atoms with Gasteiger partial charge in [0.1, 0.15) is 9.84 Å². The predicted molar refractivity (Wildman–Crippen MR) is 71.0 cm³/mol. The first-order chi connectivity index (χ1) is 8.42. The zero-order chi connectivity index (χ0) is 13.6. The Bertz CT molecular complexity index is 512. The van der Waals surface area contributed by atoms with Crippen LogP contribution in [0.5, 0.6) is 0 Å². The molecule has 6 heteroatoms. The van der Waals surface area contributed by atoms with Gasteiger partial charge in [0, 0.05) is 24.9 Å². The normalized spacial score (nSPS) is 11.2. The van der Waals surface area contributed by atoms with E-state index in [-0.39, 0.29) is 11.7 Å². The first-order valence-electron chi connectivity index (χ1n) is 5.67. The zero-order valence-electron chi connectivity index (χ0n) is 10.3. The molecule has 5 nitrogen and oxygen atoms in total. The average molecular weight is 270 g/mol. The van der Waals surface area contributed by atoms with Crippen molar-refractivity contribution in [1.82, 2.24) is 5.32 Å². The van der Waals surface area contributed by atoms with Crippen molar-refractivity contribution in [2.75, 3.05) is 18.6 Å². The predicted octanol–water partition coefficient (Wildman–Crippen LogP) is 0.310. The Labute approximate surface area is 107 Å². The lowest BCUT2D eigenvalue weighted by Gasteiger charge is -2.06. The van der Waals surface area contributed by atoms with Gasteiger partial charge in [0.2, 0.25) is 0 Å². The molecule has 0 fully saturated rings. The van der Waals surface area contributed by atoms with E-state index in [1.807, 2.05) is 6.07 Å². The summed E-state index contributed by atoms with van der Waals surface area (Å²) in [4.78, 5) is 11.7. The standard InChI is InChI=1S/C12H18N2O3S/c1-18(16,17)7-3-6-14-12(15)11-5-2-4-10(8-11)9-13/h2,4-5,8H,3,6-7,9,13H2,1H3,(H,14,15). The lowest BCUT2D eigenvalue weighted by atomic mass is 10.1. The summed E-state index contributed by atoms with van der Waals surface area (Å²) in [6.07, 6.45) is 1.60. The van der Waals surface area contributed by atoms with Crippen LogP contribution in [-0.2, 0) is 16.4 Å². The highest BCUT2D eigenvalue weighted by Crippen LogP contribution is 2.04. The monoisotopic (exact) mass is 270 g/mol.